The second kappa shape index (κ2) is 14.8. The van der Waals surface area contributed by atoms with E-state index in [1.807, 2.05) is 44.2 Å². The van der Waals surface area contributed by atoms with Gasteiger partial charge in [-0.2, -0.15) is 0 Å². The van der Waals surface area contributed by atoms with Gasteiger partial charge in [0.15, 0.2) is 0 Å². The Hall–Kier alpha value is -3.02. The molecule has 3 aliphatic heterocycles. The summed E-state index contributed by atoms with van der Waals surface area (Å²) in [5.41, 5.74) is -1.33. The van der Waals surface area contributed by atoms with Crippen molar-refractivity contribution in [2.75, 3.05) is 19.7 Å². The minimum atomic E-state index is -1.31. The van der Waals surface area contributed by atoms with E-state index >= 15 is 0 Å². The van der Waals surface area contributed by atoms with Gasteiger partial charge in [-0.05, 0) is 51.0 Å². The highest BCUT2D eigenvalue weighted by molar-refractivity contribution is 9.09. The molecular formula is C37H52BrN3O7. The molecule has 1 aromatic carbocycles. The standard InChI is InChI=1S/C37H52BrN3O7/c1-9-11-17-26(43)39-23(3)29(24-15-13-12-14-16-24)47-34(46)27-28-32(44)40(19-20-42)31(37(28)21-25(38)30(27)48-37)33(45)41(18-10-2)36(7,8)22-35(4,5)6/h9-10,12-16,23,25,27-31,42H,1-2,11,17-22H2,3-8H3,(H,39,43)/t23-,25?,27+,28-,29-,30+,31+,37-/m0/s1. The first-order valence-corrected chi connectivity index (χ1v) is 17.8. The highest BCUT2D eigenvalue weighted by Gasteiger charge is 2.77. The van der Waals surface area contributed by atoms with Crippen molar-refractivity contribution in [1.29, 1.82) is 0 Å². The predicted octanol–water partition coefficient (Wildman–Crippen LogP) is 4.71. The number of carbonyl (C=O) groups excluding carboxylic acids is 4. The number of nitrogens with one attached hydrogen (secondary N) is 1. The van der Waals surface area contributed by atoms with E-state index in [9.17, 15) is 24.3 Å². The van der Waals surface area contributed by atoms with Crippen molar-refractivity contribution in [2.45, 2.75) is 107 Å². The van der Waals surface area contributed by atoms with Crippen molar-refractivity contribution >= 4 is 39.6 Å². The van der Waals surface area contributed by atoms with Gasteiger partial charge in [-0.1, -0.05) is 79.2 Å². The highest BCUT2D eigenvalue weighted by Crippen LogP contribution is 2.60. The Labute approximate surface area is 293 Å². The van der Waals surface area contributed by atoms with E-state index in [1.165, 1.54) is 4.90 Å². The lowest BCUT2D eigenvalue weighted by molar-refractivity contribution is -0.162. The number of allylic oxidation sites excluding steroid dienone is 1. The van der Waals surface area contributed by atoms with E-state index in [2.05, 4.69) is 55.2 Å². The zero-order valence-corrected chi connectivity index (χ0v) is 30.7. The Morgan fingerprint density at radius 3 is 2.44 bits per heavy atom. The fourth-order valence-electron chi connectivity index (χ4n) is 8.27. The lowest BCUT2D eigenvalue weighted by Crippen LogP contribution is -2.61. The molecule has 264 valence electrons. The molecule has 0 aliphatic carbocycles. The maximum atomic E-state index is 14.8. The summed E-state index contributed by atoms with van der Waals surface area (Å²) in [6.45, 7) is 19.5. The number of hydrogen-bond donors (Lipinski definition) is 2. The zero-order valence-electron chi connectivity index (χ0n) is 29.1. The predicted molar refractivity (Wildman–Crippen MR) is 187 cm³/mol. The second-order valence-corrected chi connectivity index (χ2v) is 16.3. The third-order valence-corrected chi connectivity index (χ3v) is 10.5. The summed E-state index contributed by atoms with van der Waals surface area (Å²) in [6.07, 6.45) is 3.54. The monoisotopic (exact) mass is 729 g/mol. The van der Waals surface area contributed by atoms with E-state index in [0.717, 1.165) is 0 Å². The van der Waals surface area contributed by atoms with Gasteiger partial charge < -0.3 is 29.7 Å². The molecule has 3 amide bonds. The number of ether oxygens (including phenoxy) is 2. The van der Waals surface area contributed by atoms with E-state index in [-0.39, 0.29) is 48.2 Å². The third kappa shape index (κ3) is 7.43. The van der Waals surface area contributed by atoms with Crippen LogP contribution in [-0.4, -0.2) is 92.4 Å². The molecule has 0 saturated carbocycles. The topological polar surface area (TPSA) is 125 Å². The number of rotatable bonds is 15. The summed E-state index contributed by atoms with van der Waals surface area (Å²) in [5, 5.41) is 13.0. The minimum absolute atomic E-state index is 0.0850. The molecule has 3 aliphatic rings. The molecule has 0 aromatic heterocycles. The number of fused-ring (bicyclic) bond motifs is 1. The first-order valence-electron chi connectivity index (χ1n) is 16.8. The number of benzene rings is 1. The maximum Gasteiger partial charge on any atom is 0.313 e. The van der Waals surface area contributed by atoms with Gasteiger partial charge in [0.2, 0.25) is 17.7 Å². The second-order valence-electron chi connectivity index (χ2n) is 15.2. The number of esters is 1. The van der Waals surface area contributed by atoms with E-state index in [4.69, 9.17) is 9.47 Å². The normalized spacial score (nSPS) is 27.6. The van der Waals surface area contributed by atoms with Crippen LogP contribution >= 0.6 is 15.9 Å². The number of nitrogens with zero attached hydrogens (tertiary/aromatic N) is 2. The summed E-state index contributed by atoms with van der Waals surface area (Å²) in [4.78, 5) is 58.9. The van der Waals surface area contributed by atoms with Crippen LogP contribution in [0.3, 0.4) is 0 Å². The molecule has 2 N–H and O–H groups in total. The molecule has 1 unspecified atom stereocenters. The van der Waals surface area contributed by atoms with Gasteiger partial charge in [-0.3, -0.25) is 19.2 Å². The van der Waals surface area contributed by atoms with Crippen LogP contribution in [0.2, 0.25) is 0 Å². The minimum Gasteiger partial charge on any atom is -0.455 e. The molecule has 3 heterocycles. The number of β-amino-alcohol motifs (C(OH)–C–C–N with tert-alkyl or cyclic N) is 1. The Morgan fingerprint density at radius 2 is 1.85 bits per heavy atom. The molecule has 2 bridgehead atoms. The van der Waals surface area contributed by atoms with E-state index in [1.54, 1.807) is 24.0 Å². The van der Waals surface area contributed by atoms with Crippen LogP contribution in [0.15, 0.2) is 55.6 Å². The number of likely N-dealkylation sites (tertiary alicyclic amines) is 1. The van der Waals surface area contributed by atoms with Crippen LogP contribution in [0, 0.1) is 17.3 Å². The van der Waals surface area contributed by atoms with Gasteiger partial charge in [0.1, 0.15) is 17.7 Å². The van der Waals surface area contributed by atoms with Crippen LogP contribution < -0.4 is 5.32 Å². The first kappa shape index (κ1) is 37.8. The molecule has 1 spiro atoms. The number of halogens is 1. The molecule has 10 nitrogen and oxygen atoms in total. The lowest BCUT2D eigenvalue weighted by atomic mass is 9.70. The summed E-state index contributed by atoms with van der Waals surface area (Å²) < 4.78 is 12.9. The number of amides is 3. The number of aliphatic hydroxyl groups excluding tert-OH is 1. The fraction of sp³-hybridized carbons (Fsp3) is 0.622. The molecule has 1 aromatic rings. The van der Waals surface area contributed by atoms with Gasteiger partial charge in [-0.25, -0.2) is 0 Å². The van der Waals surface area contributed by atoms with Crippen LogP contribution in [0.5, 0.6) is 0 Å². The van der Waals surface area contributed by atoms with Crippen LogP contribution in [-0.2, 0) is 28.7 Å². The largest absolute Gasteiger partial charge is 0.455 e. The van der Waals surface area contributed by atoms with Crippen LogP contribution in [0.1, 0.15) is 78.9 Å². The molecule has 4 rings (SSSR count). The molecule has 3 saturated heterocycles. The molecule has 48 heavy (non-hydrogen) atoms. The number of carbonyl (C=O) groups is 4. The number of hydrogen-bond acceptors (Lipinski definition) is 7. The van der Waals surface area contributed by atoms with Crippen molar-refractivity contribution < 1.29 is 33.8 Å². The van der Waals surface area contributed by atoms with Gasteiger partial charge in [0, 0.05) is 29.9 Å². The smallest absolute Gasteiger partial charge is 0.313 e. The lowest BCUT2D eigenvalue weighted by Gasteiger charge is -2.45. The summed E-state index contributed by atoms with van der Waals surface area (Å²) in [6, 6.07) is 7.50. The first-order chi connectivity index (χ1) is 22.5. The zero-order chi connectivity index (χ0) is 35.6. The maximum absolute atomic E-state index is 14.8. The Kier molecular flexibility index (Phi) is 11.7. The summed E-state index contributed by atoms with van der Waals surface area (Å²) >= 11 is 3.72. The van der Waals surface area contributed by atoms with Crippen LogP contribution in [0.4, 0.5) is 0 Å². The summed E-state index contributed by atoms with van der Waals surface area (Å²) in [7, 11) is 0. The number of alkyl halides is 1. The number of aliphatic hydroxyl groups is 1. The molecular weight excluding hydrogens is 678 g/mol. The highest BCUT2D eigenvalue weighted by atomic mass is 79.9. The third-order valence-electron chi connectivity index (χ3n) is 9.70. The average Bonchev–Trinajstić information content (AvgIpc) is 3.59. The van der Waals surface area contributed by atoms with Crippen molar-refractivity contribution in [3.8, 4) is 0 Å². The average molecular weight is 731 g/mol. The van der Waals surface area contributed by atoms with E-state index in [0.29, 0.717) is 24.8 Å². The van der Waals surface area contributed by atoms with Crippen molar-refractivity contribution in [3.63, 3.8) is 0 Å². The molecule has 11 heteroatoms. The Bertz CT molecular complexity index is 1380. The fourth-order valence-corrected chi connectivity index (χ4v) is 9.21. The van der Waals surface area contributed by atoms with Gasteiger partial charge in [-0.15, -0.1) is 13.2 Å². The van der Waals surface area contributed by atoms with Gasteiger partial charge >= 0.3 is 5.97 Å². The van der Waals surface area contributed by atoms with Crippen LogP contribution in [0.25, 0.3) is 0 Å². The van der Waals surface area contributed by atoms with Crippen molar-refractivity contribution in [3.05, 3.63) is 61.2 Å². The SMILES string of the molecule is C=CCCC(=O)N[C@@H](C)[C@H](OC(=O)[C@H]1[C@@H]2O[C@@]3(CC2Br)[C@@H]1C(=O)N(CCO)[C@@H]3C(=O)N(CC=C)C(C)(C)CC(C)(C)C)c1ccccc1. The van der Waals surface area contributed by atoms with Gasteiger partial charge in [0.25, 0.3) is 0 Å². The Morgan fingerprint density at radius 1 is 1.19 bits per heavy atom. The van der Waals surface area contributed by atoms with Gasteiger partial charge in [0.05, 0.1) is 30.6 Å². The molecule has 8 atom stereocenters. The molecule has 0 radical (unpaired) electrons. The van der Waals surface area contributed by atoms with Crippen molar-refractivity contribution in [1.82, 2.24) is 15.1 Å². The summed E-state index contributed by atoms with van der Waals surface area (Å²) in [5.74, 6) is -3.57. The van der Waals surface area contributed by atoms with Crippen molar-refractivity contribution in [2.24, 2.45) is 17.3 Å². The van der Waals surface area contributed by atoms with E-state index < -0.39 is 59.1 Å². The Balaban J connectivity index is 1.71. The quantitative estimate of drug-likeness (QED) is 0.152. The molecule has 3 fully saturated rings.